The molecule has 0 aromatic carbocycles. The molecule has 124 valence electrons. The van der Waals surface area contributed by atoms with E-state index >= 15 is 0 Å². The van der Waals surface area contributed by atoms with E-state index in [1.54, 1.807) is 22.7 Å². The van der Waals surface area contributed by atoms with Crippen LogP contribution in [-0.2, 0) is 12.8 Å². The summed E-state index contributed by atoms with van der Waals surface area (Å²) in [5.74, 6) is -0.494. The molecule has 9 heteroatoms. The number of nitrogens with zero attached hydrogens (tertiary/aromatic N) is 4. The van der Waals surface area contributed by atoms with Crippen molar-refractivity contribution in [1.29, 1.82) is 0 Å². The smallest absolute Gasteiger partial charge is 0.271 e. The molecule has 0 atom stereocenters. The van der Waals surface area contributed by atoms with Crippen molar-refractivity contribution in [1.82, 2.24) is 19.6 Å². The second-order valence-corrected chi connectivity index (χ2v) is 7.95. The maximum Gasteiger partial charge on any atom is 0.271 e. The van der Waals surface area contributed by atoms with Crippen LogP contribution in [0.3, 0.4) is 0 Å². The maximum absolute atomic E-state index is 12.8. The number of hydrogen-bond acceptors (Lipinski definition) is 7. The molecular weight excluding hydrogens is 346 g/mol. The van der Waals surface area contributed by atoms with Crippen molar-refractivity contribution in [3.63, 3.8) is 0 Å². The average molecular weight is 361 g/mol. The minimum atomic E-state index is -0.494. The van der Waals surface area contributed by atoms with Crippen LogP contribution in [0.1, 0.15) is 45.2 Å². The van der Waals surface area contributed by atoms with Crippen LogP contribution in [0.25, 0.3) is 4.96 Å². The number of amides is 1. The Labute approximate surface area is 145 Å². The molecule has 3 aromatic rings. The Morgan fingerprint density at radius 3 is 2.83 bits per heavy atom. The fourth-order valence-electron chi connectivity index (χ4n) is 2.91. The zero-order valence-corrected chi connectivity index (χ0v) is 14.7. The van der Waals surface area contributed by atoms with Crippen LogP contribution in [0, 0.1) is 6.92 Å². The molecule has 1 N–H and O–H groups in total. The monoisotopic (exact) mass is 361 g/mol. The molecular formula is C15H15N5O2S2. The summed E-state index contributed by atoms with van der Waals surface area (Å²) in [6, 6.07) is 0. The number of aromatic nitrogens is 4. The van der Waals surface area contributed by atoms with Gasteiger partial charge in [0, 0.05) is 16.8 Å². The minimum absolute atomic E-state index is 0.0326. The van der Waals surface area contributed by atoms with Gasteiger partial charge in [-0.3, -0.25) is 19.3 Å². The first-order valence-corrected chi connectivity index (χ1v) is 9.40. The van der Waals surface area contributed by atoms with Gasteiger partial charge < -0.3 is 0 Å². The number of carbonyl (C=O) groups is 1. The number of nitrogens with one attached hydrogen (secondary N) is 1. The molecule has 0 spiro atoms. The Morgan fingerprint density at radius 1 is 1.21 bits per heavy atom. The van der Waals surface area contributed by atoms with Crippen LogP contribution in [0.4, 0.5) is 5.13 Å². The Hall–Kier alpha value is -2.13. The Balaban J connectivity index is 1.76. The lowest BCUT2D eigenvalue weighted by Gasteiger charge is -2.03. The predicted octanol–water partition coefficient (Wildman–Crippen LogP) is 2.44. The third-order valence-corrected chi connectivity index (χ3v) is 5.95. The normalized spacial score (nSPS) is 14.4. The number of aryl methyl sites for hydroxylation is 3. The molecule has 1 aliphatic rings. The van der Waals surface area contributed by atoms with Crippen molar-refractivity contribution in [2.75, 3.05) is 5.32 Å². The zero-order chi connectivity index (χ0) is 16.7. The van der Waals surface area contributed by atoms with Gasteiger partial charge >= 0.3 is 0 Å². The van der Waals surface area contributed by atoms with Gasteiger partial charge in [-0.05, 0) is 32.6 Å². The summed E-state index contributed by atoms with van der Waals surface area (Å²) in [5.41, 5.74) is 0.745. The summed E-state index contributed by atoms with van der Waals surface area (Å²) in [6.07, 6.45) is 6.56. The lowest BCUT2D eigenvalue weighted by molar-refractivity contribution is 0.102. The predicted molar refractivity (Wildman–Crippen MR) is 93.2 cm³/mol. The molecule has 0 unspecified atom stereocenters. The lowest BCUT2D eigenvalue weighted by atomic mass is 10.2. The van der Waals surface area contributed by atoms with Crippen LogP contribution in [0.2, 0.25) is 0 Å². The van der Waals surface area contributed by atoms with Gasteiger partial charge in [-0.25, -0.2) is 4.98 Å². The van der Waals surface area contributed by atoms with Gasteiger partial charge in [-0.15, -0.1) is 21.5 Å². The van der Waals surface area contributed by atoms with Crippen molar-refractivity contribution in [3.8, 4) is 0 Å². The molecule has 3 aromatic heterocycles. The van der Waals surface area contributed by atoms with Crippen molar-refractivity contribution in [3.05, 3.63) is 37.7 Å². The fraction of sp³-hybridized carbons (Fsp3) is 0.400. The van der Waals surface area contributed by atoms with E-state index in [1.165, 1.54) is 28.8 Å². The Morgan fingerprint density at radius 2 is 2.04 bits per heavy atom. The van der Waals surface area contributed by atoms with E-state index < -0.39 is 5.91 Å². The van der Waals surface area contributed by atoms with Gasteiger partial charge in [-0.1, -0.05) is 17.8 Å². The summed E-state index contributed by atoms with van der Waals surface area (Å²) in [4.78, 5) is 31.5. The molecule has 24 heavy (non-hydrogen) atoms. The van der Waals surface area contributed by atoms with E-state index in [1.807, 2.05) is 0 Å². The van der Waals surface area contributed by atoms with E-state index in [2.05, 4.69) is 20.5 Å². The summed E-state index contributed by atoms with van der Waals surface area (Å²) >= 11 is 2.82. The molecule has 0 bridgehead atoms. The van der Waals surface area contributed by atoms with Gasteiger partial charge in [0.05, 0.1) is 0 Å². The Bertz CT molecular complexity index is 988. The molecule has 1 aliphatic carbocycles. The molecule has 0 fully saturated rings. The quantitative estimate of drug-likeness (QED) is 0.708. The highest BCUT2D eigenvalue weighted by molar-refractivity contribution is 7.17. The third kappa shape index (κ3) is 2.63. The van der Waals surface area contributed by atoms with Crippen molar-refractivity contribution >= 4 is 38.7 Å². The van der Waals surface area contributed by atoms with E-state index in [4.69, 9.17) is 0 Å². The number of thiazole rings is 1. The summed E-state index contributed by atoms with van der Waals surface area (Å²) in [6.45, 7) is 1.80. The van der Waals surface area contributed by atoms with Gasteiger partial charge in [0.1, 0.15) is 10.6 Å². The minimum Gasteiger partial charge on any atom is -0.296 e. The highest BCUT2D eigenvalue weighted by Crippen LogP contribution is 2.27. The number of hydrogen-bond donors (Lipinski definition) is 1. The highest BCUT2D eigenvalue weighted by atomic mass is 32.1. The first kappa shape index (κ1) is 15.4. The number of carbonyl (C=O) groups excluding carboxylic acids is 1. The second kappa shape index (κ2) is 6.06. The summed E-state index contributed by atoms with van der Waals surface area (Å²) in [7, 11) is 0. The standard InChI is InChI=1S/C15H15N5O2S2/c1-8-18-19-14(23-8)17-12(21)9-7-16-15-20(13(9)22)10-5-3-2-4-6-11(10)24-15/h7H,2-6H2,1H3,(H,17,19,21). The molecule has 0 radical (unpaired) electrons. The number of rotatable bonds is 2. The largest absolute Gasteiger partial charge is 0.296 e. The summed E-state index contributed by atoms with van der Waals surface area (Å²) < 4.78 is 1.62. The van der Waals surface area contributed by atoms with Crippen LogP contribution in [0.15, 0.2) is 11.0 Å². The lowest BCUT2D eigenvalue weighted by Crippen LogP contribution is -2.27. The molecule has 0 saturated carbocycles. The van der Waals surface area contributed by atoms with E-state index in [0.717, 1.165) is 36.4 Å². The van der Waals surface area contributed by atoms with Crippen LogP contribution in [0.5, 0.6) is 0 Å². The molecule has 4 rings (SSSR count). The van der Waals surface area contributed by atoms with Crippen LogP contribution < -0.4 is 10.9 Å². The van der Waals surface area contributed by atoms with E-state index in [-0.39, 0.29) is 11.1 Å². The van der Waals surface area contributed by atoms with Crippen molar-refractivity contribution < 1.29 is 4.79 Å². The van der Waals surface area contributed by atoms with Gasteiger partial charge in [-0.2, -0.15) is 0 Å². The van der Waals surface area contributed by atoms with E-state index in [0.29, 0.717) is 10.1 Å². The zero-order valence-electron chi connectivity index (χ0n) is 13.0. The molecule has 0 saturated heterocycles. The first-order valence-electron chi connectivity index (χ1n) is 7.77. The van der Waals surface area contributed by atoms with Crippen LogP contribution in [-0.4, -0.2) is 25.5 Å². The molecule has 7 nitrogen and oxygen atoms in total. The Kier molecular flexibility index (Phi) is 3.89. The van der Waals surface area contributed by atoms with Crippen LogP contribution >= 0.6 is 22.7 Å². The average Bonchev–Trinajstić information content (AvgIpc) is 3.04. The highest BCUT2D eigenvalue weighted by Gasteiger charge is 2.21. The van der Waals surface area contributed by atoms with Crippen molar-refractivity contribution in [2.24, 2.45) is 0 Å². The topological polar surface area (TPSA) is 89.2 Å². The fourth-order valence-corrected chi connectivity index (χ4v) is 4.67. The molecule has 3 heterocycles. The number of anilines is 1. The van der Waals surface area contributed by atoms with Crippen molar-refractivity contribution in [2.45, 2.75) is 39.0 Å². The second-order valence-electron chi connectivity index (χ2n) is 5.71. The SMILES string of the molecule is Cc1nnc(NC(=O)c2cnc3sc4c(n3c2=O)CCCCC4)s1. The van der Waals surface area contributed by atoms with Gasteiger partial charge in [0.15, 0.2) is 4.96 Å². The first-order chi connectivity index (χ1) is 11.6. The molecule has 0 aliphatic heterocycles. The summed E-state index contributed by atoms with van der Waals surface area (Å²) in [5, 5.41) is 11.5. The van der Waals surface area contributed by atoms with Gasteiger partial charge in [0.2, 0.25) is 5.13 Å². The molecule has 1 amide bonds. The third-order valence-electron chi connectivity index (χ3n) is 4.04. The number of fused-ring (bicyclic) bond motifs is 3. The van der Waals surface area contributed by atoms with Gasteiger partial charge in [0.25, 0.3) is 11.5 Å². The van der Waals surface area contributed by atoms with E-state index in [9.17, 15) is 9.59 Å². The maximum atomic E-state index is 12.8.